The van der Waals surface area contributed by atoms with E-state index in [2.05, 4.69) is 30.0 Å². The number of halogens is 3. The molecule has 0 amide bonds. The molecule has 0 aliphatic carbocycles. The summed E-state index contributed by atoms with van der Waals surface area (Å²) in [5.74, 6) is -1.87. The Morgan fingerprint density at radius 2 is 1.73 bits per heavy atom. The highest BCUT2D eigenvalue weighted by molar-refractivity contribution is 7.22. The minimum Gasteiger partial charge on any atom is -0.478 e. The number of benzene rings is 3. The van der Waals surface area contributed by atoms with Crippen LogP contribution in [0.1, 0.15) is 34.6 Å². The standard InChI is InChI=1S/C21H20F3N5O3S.C8H6N2O2/c1-4-29(5-2)15-10-16-14(9-12(15)18(30)31)25-19(28(16)3)27-20-26-13-7-6-11(8-17(13)33-20)32-21(22,23)24;11-8(12)5-1-2-6-7(3-5)10-4-9-6/h6-10H,4-5H2,1-3H3,(H,30,31)(H,25,26,27);1-4H,(H,9,10)(H,11,12). The van der Waals surface area contributed by atoms with Crippen LogP contribution in [0.15, 0.2) is 54.9 Å². The number of alkyl halides is 3. The largest absolute Gasteiger partial charge is 0.573 e. The molecule has 12 nitrogen and oxygen atoms in total. The second-order valence-electron chi connectivity index (χ2n) is 9.59. The quantitative estimate of drug-likeness (QED) is 0.142. The number of aromatic nitrogens is 5. The summed E-state index contributed by atoms with van der Waals surface area (Å²) in [7, 11) is 1.78. The van der Waals surface area contributed by atoms with Crippen LogP contribution in [0.2, 0.25) is 0 Å². The highest BCUT2D eigenvalue weighted by Crippen LogP contribution is 2.34. The molecule has 234 valence electrons. The van der Waals surface area contributed by atoms with E-state index < -0.39 is 18.3 Å². The lowest BCUT2D eigenvalue weighted by Crippen LogP contribution is -2.24. The molecule has 45 heavy (non-hydrogen) atoms. The van der Waals surface area contributed by atoms with Gasteiger partial charge in [-0.2, -0.15) is 0 Å². The molecule has 0 aliphatic heterocycles. The maximum absolute atomic E-state index is 12.5. The van der Waals surface area contributed by atoms with E-state index in [1.807, 2.05) is 18.7 Å². The lowest BCUT2D eigenvalue weighted by atomic mass is 10.1. The maximum atomic E-state index is 12.5. The first kappa shape index (κ1) is 31.1. The Balaban J connectivity index is 0.000000277. The van der Waals surface area contributed by atoms with Gasteiger partial charge in [-0.05, 0) is 56.3 Å². The van der Waals surface area contributed by atoms with Crippen LogP contribution in [0.5, 0.6) is 5.75 Å². The first-order valence-electron chi connectivity index (χ1n) is 13.4. The van der Waals surface area contributed by atoms with Crippen LogP contribution in [0.3, 0.4) is 0 Å². The molecule has 0 saturated heterocycles. The first-order valence-corrected chi connectivity index (χ1v) is 14.3. The number of imidazole rings is 2. The number of H-pyrrole nitrogens is 1. The van der Waals surface area contributed by atoms with Crippen molar-refractivity contribution in [1.29, 1.82) is 0 Å². The summed E-state index contributed by atoms with van der Waals surface area (Å²) in [6.07, 6.45) is -3.23. The first-order chi connectivity index (χ1) is 21.4. The van der Waals surface area contributed by atoms with Crippen molar-refractivity contribution in [1.82, 2.24) is 24.5 Å². The van der Waals surface area contributed by atoms with E-state index in [0.29, 0.717) is 45.6 Å². The fourth-order valence-electron chi connectivity index (χ4n) is 4.66. The molecule has 0 spiro atoms. The summed E-state index contributed by atoms with van der Waals surface area (Å²) >= 11 is 1.15. The monoisotopic (exact) mass is 641 g/mol. The summed E-state index contributed by atoms with van der Waals surface area (Å²) in [6.45, 7) is 5.20. The van der Waals surface area contributed by atoms with Gasteiger partial charge in [-0.25, -0.2) is 24.5 Å². The zero-order valence-electron chi connectivity index (χ0n) is 24.0. The number of rotatable bonds is 8. The molecule has 0 radical (unpaired) electrons. The zero-order valence-corrected chi connectivity index (χ0v) is 24.8. The van der Waals surface area contributed by atoms with Gasteiger partial charge < -0.3 is 34.7 Å². The van der Waals surface area contributed by atoms with Crippen molar-refractivity contribution in [2.24, 2.45) is 7.05 Å². The molecular weight excluding hydrogens is 615 g/mol. The fourth-order valence-corrected chi connectivity index (χ4v) is 5.54. The highest BCUT2D eigenvalue weighted by atomic mass is 32.1. The minimum atomic E-state index is -4.77. The van der Waals surface area contributed by atoms with Crippen LogP contribution in [-0.2, 0) is 7.05 Å². The predicted octanol–water partition coefficient (Wildman–Crippen LogP) is 6.63. The molecule has 4 N–H and O–H groups in total. The summed E-state index contributed by atoms with van der Waals surface area (Å²) in [4.78, 5) is 40.0. The number of anilines is 3. The number of thiazole rings is 1. The van der Waals surface area contributed by atoms with E-state index in [4.69, 9.17) is 5.11 Å². The van der Waals surface area contributed by atoms with Crippen LogP contribution in [0.4, 0.5) is 29.9 Å². The predicted molar refractivity (Wildman–Crippen MR) is 164 cm³/mol. The smallest absolute Gasteiger partial charge is 0.478 e. The van der Waals surface area contributed by atoms with Crippen LogP contribution >= 0.6 is 11.3 Å². The number of aromatic carboxylic acids is 2. The molecule has 6 rings (SSSR count). The summed E-state index contributed by atoms with van der Waals surface area (Å²) in [5, 5.41) is 21.8. The Bertz CT molecular complexity index is 2030. The fraction of sp³-hybridized carbons (Fsp3) is 0.207. The molecule has 0 atom stereocenters. The molecule has 0 saturated carbocycles. The topological polar surface area (TPSA) is 158 Å². The van der Waals surface area contributed by atoms with Crippen molar-refractivity contribution in [3.05, 3.63) is 66.0 Å². The van der Waals surface area contributed by atoms with Gasteiger partial charge in [0, 0.05) is 26.2 Å². The number of aryl methyl sites for hydroxylation is 1. The normalized spacial score (nSPS) is 11.4. The van der Waals surface area contributed by atoms with Gasteiger partial charge in [0.15, 0.2) is 5.13 Å². The van der Waals surface area contributed by atoms with Gasteiger partial charge in [0.05, 0.1) is 55.4 Å². The average molecular weight is 642 g/mol. The van der Waals surface area contributed by atoms with E-state index in [1.54, 1.807) is 29.8 Å². The molecule has 3 aromatic heterocycles. The van der Waals surface area contributed by atoms with Crippen LogP contribution in [0, 0.1) is 0 Å². The Morgan fingerprint density at radius 1 is 1.00 bits per heavy atom. The summed E-state index contributed by atoms with van der Waals surface area (Å²) < 4.78 is 43.7. The van der Waals surface area contributed by atoms with Gasteiger partial charge >= 0.3 is 18.3 Å². The molecule has 6 aromatic rings. The minimum absolute atomic E-state index is 0.160. The average Bonchev–Trinajstić information content (AvgIpc) is 3.69. The third kappa shape index (κ3) is 6.75. The Hall–Kier alpha value is -5.38. The van der Waals surface area contributed by atoms with Crippen molar-refractivity contribution in [2.75, 3.05) is 23.3 Å². The van der Waals surface area contributed by atoms with Gasteiger partial charge in [0.1, 0.15) is 5.75 Å². The van der Waals surface area contributed by atoms with E-state index in [1.165, 1.54) is 36.7 Å². The van der Waals surface area contributed by atoms with Gasteiger partial charge in [-0.1, -0.05) is 11.3 Å². The summed E-state index contributed by atoms with van der Waals surface area (Å²) in [6, 6.07) is 12.0. The second kappa shape index (κ2) is 12.3. The molecule has 0 bridgehead atoms. The van der Waals surface area contributed by atoms with Crippen molar-refractivity contribution >= 4 is 72.3 Å². The van der Waals surface area contributed by atoms with Gasteiger partial charge in [-0.15, -0.1) is 13.2 Å². The van der Waals surface area contributed by atoms with Gasteiger partial charge in [0.25, 0.3) is 0 Å². The van der Waals surface area contributed by atoms with Crippen LogP contribution < -0.4 is 15.0 Å². The number of aromatic amines is 1. The number of carboxylic acids is 2. The molecule has 0 fully saturated rings. The van der Waals surface area contributed by atoms with Crippen molar-refractivity contribution in [2.45, 2.75) is 20.2 Å². The van der Waals surface area contributed by atoms with Crippen LogP contribution in [-0.4, -0.2) is 66.1 Å². The van der Waals surface area contributed by atoms with Gasteiger partial charge in [-0.3, -0.25) is 0 Å². The number of nitrogens with zero attached hydrogens (tertiary/aromatic N) is 5. The van der Waals surface area contributed by atoms with Gasteiger partial charge in [0.2, 0.25) is 5.95 Å². The van der Waals surface area contributed by atoms with E-state index in [0.717, 1.165) is 27.9 Å². The summed E-state index contributed by atoms with van der Waals surface area (Å²) in [5.41, 5.74) is 4.29. The molecule has 0 unspecified atom stereocenters. The number of fused-ring (bicyclic) bond motifs is 3. The van der Waals surface area contributed by atoms with Crippen molar-refractivity contribution in [3.8, 4) is 5.75 Å². The maximum Gasteiger partial charge on any atom is 0.573 e. The Kier molecular flexibility index (Phi) is 8.50. The van der Waals surface area contributed by atoms with Crippen molar-refractivity contribution in [3.63, 3.8) is 0 Å². The number of carbonyl (C=O) groups is 2. The lowest BCUT2D eigenvalue weighted by Gasteiger charge is -2.23. The lowest BCUT2D eigenvalue weighted by molar-refractivity contribution is -0.274. The third-order valence-electron chi connectivity index (χ3n) is 6.81. The molecule has 0 aliphatic rings. The Morgan fingerprint density at radius 3 is 2.40 bits per heavy atom. The molecule has 16 heteroatoms. The highest BCUT2D eigenvalue weighted by Gasteiger charge is 2.31. The molecular formula is C29H26F3N7O5S. The number of hydrogen-bond acceptors (Lipinski definition) is 9. The zero-order chi connectivity index (χ0) is 32.5. The number of hydrogen-bond donors (Lipinski definition) is 4. The third-order valence-corrected chi connectivity index (χ3v) is 7.75. The molecule has 3 heterocycles. The SMILES string of the molecule is CCN(CC)c1cc2c(cc1C(=O)O)nc(Nc1nc3ccc(OC(F)(F)F)cc3s1)n2C.O=C(O)c1ccc2nc[nH]c2c1. The molecule has 3 aromatic carbocycles. The van der Waals surface area contributed by atoms with E-state index in [9.17, 15) is 27.9 Å². The number of ether oxygens (including phenoxy) is 1. The number of carboxylic acid groups (broad SMARTS) is 2. The van der Waals surface area contributed by atoms with E-state index in [-0.39, 0.29) is 16.9 Å². The second-order valence-corrected chi connectivity index (χ2v) is 10.6. The van der Waals surface area contributed by atoms with Crippen molar-refractivity contribution < 1.29 is 37.7 Å². The number of nitrogens with one attached hydrogen (secondary N) is 2. The Labute approximate surface area is 256 Å². The van der Waals surface area contributed by atoms with Crippen LogP contribution in [0.25, 0.3) is 32.3 Å². The van der Waals surface area contributed by atoms with E-state index >= 15 is 0 Å².